The van der Waals surface area contributed by atoms with Crippen LogP contribution in [0.3, 0.4) is 0 Å². The van der Waals surface area contributed by atoms with E-state index in [1.807, 2.05) is 19.1 Å². The average Bonchev–Trinajstić information content (AvgIpc) is 2.98. The van der Waals surface area contributed by atoms with Gasteiger partial charge in [0.15, 0.2) is 0 Å². The Balaban J connectivity index is 2.46. The predicted octanol–water partition coefficient (Wildman–Crippen LogP) is 2.42. The molecule has 2 rings (SSSR count). The minimum absolute atomic E-state index is 0.0443. The lowest BCUT2D eigenvalue weighted by Crippen LogP contribution is -2.23. The summed E-state index contributed by atoms with van der Waals surface area (Å²) in [5.74, 6) is 0.902. The summed E-state index contributed by atoms with van der Waals surface area (Å²) in [4.78, 5) is 0. The van der Waals surface area contributed by atoms with E-state index in [0.717, 1.165) is 18.6 Å². The summed E-state index contributed by atoms with van der Waals surface area (Å²) in [5.41, 5.74) is 2.34. The molecular weight excluding hydrogens is 188 g/mol. The van der Waals surface area contributed by atoms with Gasteiger partial charge in [0, 0.05) is 11.0 Å². The summed E-state index contributed by atoms with van der Waals surface area (Å²) in [6.45, 7) is 3.94. The smallest absolute Gasteiger partial charge is 0.122 e. The second-order valence-corrected chi connectivity index (χ2v) is 4.54. The fourth-order valence-corrected chi connectivity index (χ4v) is 2.26. The normalized spacial score (nSPS) is 19.7. The molecule has 1 aromatic carbocycles. The average molecular weight is 206 g/mol. The van der Waals surface area contributed by atoms with Crippen molar-refractivity contribution in [3.05, 3.63) is 29.3 Å². The number of rotatable bonds is 3. The van der Waals surface area contributed by atoms with Crippen LogP contribution in [0.25, 0.3) is 0 Å². The Bertz CT molecular complexity index is 365. The molecule has 1 N–H and O–H groups in total. The van der Waals surface area contributed by atoms with Crippen molar-refractivity contribution in [2.45, 2.75) is 38.2 Å². The van der Waals surface area contributed by atoms with Crippen LogP contribution < -0.4 is 4.74 Å². The molecule has 0 amide bonds. The van der Waals surface area contributed by atoms with Crippen LogP contribution in [0, 0.1) is 6.92 Å². The van der Waals surface area contributed by atoms with Gasteiger partial charge in [-0.1, -0.05) is 17.7 Å². The minimum Gasteiger partial charge on any atom is -0.496 e. The Labute approximate surface area is 90.9 Å². The lowest BCUT2D eigenvalue weighted by atomic mass is 9.89. The first-order valence-corrected chi connectivity index (χ1v) is 5.43. The van der Waals surface area contributed by atoms with Crippen molar-refractivity contribution in [2.24, 2.45) is 0 Å². The van der Waals surface area contributed by atoms with Crippen molar-refractivity contribution in [3.63, 3.8) is 0 Å². The van der Waals surface area contributed by atoms with Crippen LogP contribution in [0.2, 0.25) is 0 Å². The Morgan fingerprint density at radius 2 is 2.07 bits per heavy atom. The first-order chi connectivity index (χ1) is 7.10. The molecule has 1 aliphatic rings. The molecular formula is C13H18O2. The standard InChI is InChI=1S/C13H18O2/c1-9-4-5-12(15-3)11(8-9)13(6-7-13)10(2)14/h4-5,8,10,14H,6-7H2,1-3H3. The molecule has 1 unspecified atom stereocenters. The van der Waals surface area contributed by atoms with Crippen molar-refractivity contribution in [1.29, 1.82) is 0 Å². The minimum atomic E-state index is -0.298. The summed E-state index contributed by atoms with van der Waals surface area (Å²) in [6, 6.07) is 6.17. The fraction of sp³-hybridized carbons (Fsp3) is 0.538. The predicted molar refractivity (Wildman–Crippen MR) is 60.3 cm³/mol. The third-order valence-corrected chi connectivity index (χ3v) is 3.48. The van der Waals surface area contributed by atoms with Gasteiger partial charge in [0.1, 0.15) is 5.75 Å². The van der Waals surface area contributed by atoms with Crippen LogP contribution in [0.5, 0.6) is 5.75 Å². The topological polar surface area (TPSA) is 29.5 Å². The number of ether oxygens (including phenoxy) is 1. The molecule has 0 spiro atoms. The maximum Gasteiger partial charge on any atom is 0.122 e. The summed E-state index contributed by atoms with van der Waals surface area (Å²) in [6.07, 6.45) is 1.82. The zero-order valence-corrected chi connectivity index (χ0v) is 9.58. The van der Waals surface area contributed by atoms with Gasteiger partial charge in [0.25, 0.3) is 0 Å². The molecule has 0 heterocycles. The summed E-state index contributed by atoms with van der Waals surface area (Å²) in [5, 5.41) is 9.85. The van der Waals surface area contributed by atoms with Crippen LogP contribution in [0.4, 0.5) is 0 Å². The van der Waals surface area contributed by atoms with Crippen LogP contribution in [0.15, 0.2) is 18.2 Å². The molecule has 0 radical (unpaired) electrons. The van der Waals surface area contributed by atoms with Crippen molar-refractivity contribution < 1.29 is 9.84 Å². The molecule has 15 heavy (non-hydrogen) atoms. The quantitative estimate of drug-likeness (QED) is 0.823. The molecule has 1 aromatic rings. The van der Waals surface area contributed by atoms with Crippen LogP contribution in [-0.4, -0.2) is 18.3 Å². The Hall–Kier alpha value is -1.02. The highest BCUT2D eigenvalue weighted by atomic mass is 16.5. The van der Waals surface area contributed by atoms with Gasteiger partial charge >= 0.3 is 0 Å². The van der Waals surface area contributed by atoms with Crippen molar-refractivity contribution in [1.82, 2.24) is 0 Å². The molecule has 0 aliphatic heterocycles. The van der Waals surface area contributed by atoms with Gasteiger partial charge in [-0.25, -0.2) is 0 Å². The van der Waals surface area contributed by atoms with E-state index in [9.17, 15) is 5.11 Å². The Morgan fingerprint density at radius 1 is 1.40 bits per heavy atom. The van der Waals surface area contributed by atoms with Gasteiger partial charge in [0.05, 0.1) is 13.2 Å². The van der Waals surface area contributed by atoms with Gasteiger partial charge in [-0.15, -0.1) is 0 Å². The van der Waals surface area contributed by atoms with E-state index in [0.29, 0.717) is 0 Å². The van der Waals surface area contributed by atoms with Crippen LogP contribution in [-0.2, 0) is 5.41 Å². The highest BCUT2D eigenvalue weighted by Gasteiger charge is 2.50. The molecule has 1 aliphatic carbocycles. The second kappa shape index (κ2) is 3.53. The molecule has 1 saturated carbocycles. The maximum atomic E-state index is 9.85. The first kappa shape index (κ1) is 10.5. The molecule has 0 bridgehead atoms. The van der Waals surface area contributed by atoms with Gasteiger partial charge in [-0.2, -0.15) is 0 Å². The van der Waals surface area contributed by atoms with Crippen molar-refractivity contribution in [2.75, 3.05) is 7.11 Å². The lowest BCUT2D eigenvalue weighted by Gasteiger charge is -2.22. The van der Waals surface area contributed by atoms with Crippen molar-refractivity contribution >= 4 is 0 Å². The van der Waals surface area contributed by atoms with E-state index in [1.54, 1.807) is 7.11 Å². The zero-order valence-electron chi connectivity index (χ0n) is 9.58. The van der Waals surface area contributed by atoms with E-state index in [-0.39, 0.29) is 11.5 Å². The molecule has 0 saturated heterocycles. The van der Waals surface area contributed by atoms with E-state index in [4.69, 9.17) is 4.74 Å². The van der Waals surface area contributed by atoms with Gasteiger partial charge in [-0.3, -0.25) is 0 Å². The van der Waals surface area contributed by atoms with Crippen LogP contribution in [0.1, 0.15) is 30.9 Å². The first-order valence-electron chi connectivity index (χ1n) is 5.43. The number of methoxy groups -OCH3 is 1. The number of aliphatic hydroxyl groups excluding tert-OH is 1. The summed E-state index contributed by atoms with van der Waals surface area (Å²) >= 11 is 0. The van der Waals surface area contributed by atoms with Crippen molar-refractivity contribution in [3.8, 4) is 5.75 Å². The fourth-order valence-electron chi connectivity index (χ4n) is 2.26. The van der Waals surface area contributed by atoms with Gasteiger partial charge in [0.2, 0.25) is 0 Å². The number of hydrogen-bond donors (Lipinski definition) is 1. The Morgan fingerprint density at radius 3 is 2.53 bits per heavy atom. The third-order valence-electron chi connectivity index (χ3n) is 3.48. The second-order valence-electron chi connectivity index (χ2n) is 4.54. The summed E-state index contributed by atoms with van der Waals surface area (Å²) in [7, 11) is 1.69. The summed E-state index contributed by atoms with van der Waals surface area (Å²) < 4.78 is 5.37. The highest BCUT2D eigenvalue weighted by Crippen LogP contribution is 2.53. The van der Waals surface area contributed by atoms with Crippen LogP contribution >= 0.6 is 0 Å². The largest absolute Gasteiger partial charge is 0.496 e. The number of benzene rings is 1. The molecule has 2 heteroatoms. The van der Waals surface area contributed by atoms with E-state index >= 15 is 0 Å². The van der Waals surface area contributed by atoms with Gasteiger partial charge < -0.3 is 9.84 Å². The number of aliphatic hydroxyl groups is 1. The monoisotopic (exact) mass is 206 g/mol. The number of hydrogen-bond acceptors (Lipinski definition) is 2. The molecule has 0 aromatic heterocycles. The van der Waals surface area contributed by atoms with E-state index < -0.39 is 0 Å². The highest BCUT2D eigenvalue weighted by molar-refractivity contribution is 5.46. The molecule has 1 fully saturated rings. The lowest BCUT2D eigenvalue weighted by molar-refractivity contribution is 0.149. The zero-order chi connectivity index (χ0) is 11.1. The van der Waals surface area contributed by atoms with E-state index in [1.165, 1.54) is 11.1 Å². The SMILES string of the molecule is COc1ccc(C)cc1C1(C(C)O)CC1. The molecule has 82 valence electrons. The van der Waals surface area contributed by atoms with Gasteiger partial charge in [-0.05, 0) is 32.8 Å². The maximum absolute atomic E-state index is 9.85. The number of aryl methyl sites for hydroxylation is 1. The Kier molecular flexibility index (Phi) is 2.47. The third kappa shape index (κ3) is 1.63. The van der Waals surface area contributed by atoms with E-state index in [2.05, 4.69) is 13.0 Å². The molecule has 1 atom stereocenters. The molecule has 2 nitrogen and oxygen atoms in total.